The van der Waals surface area contributed by atoms with Crippen LogP contribution in [0.15, 0.2) is 33.9 Å². The predicted octanol–water partition coefficient (Wildman–Crippen LogP) is 2.21. The number of thioether (sulfide) groups is 1. The summed E-state index contributed by atoms with van der Waals surface area (Å²) in [5, 5.41) is 8.76. The Bertz CT molecular complexity index is 567. The van der Waals surface area contributed by atoms with Gasteiger partial charge >= 0.3 is 6.01 Å². The van der Waals surface area contributed by atoms with Gasteiger partial charge in [0.2, 0.25) is 0 Å². The van der Waals surface area contributed by atoms with Crippen molar-refractivity contribution in [1.82, 2.24) is 10.2 Å². The predicted molar refractivity (Wildman–Crippen MR) is 79.9 cm³/mol. The van der Waals surface area contributed by atoms with E-state index in [1.165, 1.54) is 17.3 Å². The van der Waals surface area contributed by atoms with Crippen molar-refractivity contribution < 1.29 is 13.9 Å². The van der Waals surface area contributed by atoms with Crippen LogP contribution in [0.5, 0.6) is 5.75 Å². The molecule has 2 aromatic rings. The fourth-order valence-corrected chi connectivity index (χ4v) is 2.72. The maximum Gasteiger partial charge on any atom is 0.318 e. The number of methoxy groups -OCH3 is 1. The number of anilines is 1. The first kappa shape index (κ1) is 14.2. The van der Waals surface area contributed by atoms with E-state index in [-0.39, 0.29) is 0 Å². The maximum atomic E-state index is 5.68. The Hall–Kier alpha value is -1.73. The van der Waals surface area contributed by atoms with E-state index < -0.39 is 0 Å². The molecule has 0 aliphatic carbocycles. The third-order valence-electron chi connectivity index (χ3n) is 3.20. The molecule has 2 heterocycles. The van der Waals surface area contributed by atoms with E-state index in [1.807, 2.05) is 29.2 Å². The van der Waals surface area contributed by atoms with Gasteiger partial charge in [0.15, 0.2) is 0 Å². The Kier molecular flexibility index (Phi) is 4.62. The van der Waals surface area contributed by atoms with Crippen LogP contribution in [-0.4, -0.2) is 43.6 Å². The van der Waals surface area contributed by atoms with Crippen molar-refractivity contribution in [2.24, 2.45) is 0 Å². The van der Waals surface area contributed by atoms with Crippen LogP contribution in [0.25, 0.3) is 0 Å². The van der Waals surface area contributed by atoms with Crippen molar-refractivity contribution in [1.29, 1.82) is 0 Å². The number of ether oxygens (including phenoxy) is 2. The molecule has 0 N–H and O–H groups in total. The zero-order chi connectivity index (χ0) is 14.5. The average molecular weight is 307 g/mol. The second-order valence-corrected chi connectivity index (χ2v) is 5.51. The van der Waals surface area contributed by atoms with E-state index in [0.29, 0.717) is 24.5 Å². The van der Waals surface area contributed by atoms with E-state index in [0.717, 1.165) is 24.6 Å². The summed E-state index contributed by atoms with van der Waals surface area (Å²) in [5.41, 5.74) is 1.19. The topological polar surface area (TPSA) is 60.6 Å². The number of aromatic nitrogens is 2. The average Bonchev–Trinajstić information content (AvgIpc) is 3.03. The lowest BCUT2D eigenvalue weighted by Crippen LogP contribution is -2.36. The summed E-state index contributed by atoms with van der Waals surface area (Å²) in [6.45, 7) is 3.00. The Balaban J connectivity index is 1.56. The molecule has 0 bridgehead atoms. The van der Waals surface area contributed by atoms with Gasteiger partial charge in [-0.1, -0.05) is 34.1 Å². The number of hydrogen-bond acceptors (Lipinski definition) is 7. The molecule has 7 heteroatoms. The molecule has 0 unspecified atom stereocenters. The molecular formula is C14H17N3O3S. The molecule has 1 aliphatic rings. The van der Waals surface area contributed by atoms with Gasteiger partial charge < -0.3 is 18.8 Å². The lowest BCUT2D eigenvalue weighted by Gasteiger charge is -2.24. The third-order valence-corrected chi connectivity index (χ3v) is 4.09. The largest absolute Gasteiger partial charge is 0.497 e. The van der Waals surface area contributed by atoms with Gasteiger partial charge in [0.05, 0.1) is 20.3 Å². The molecule has 0 saturated carbocycles. The van der Waals surface area contributed by atoms with Gasteiger partial charge in [-0.3, -0.25) is 0 Å². The Morgan fingerprint density at radius 1 is 1.19 bits per heavy atom. The van der Waals surface area contributed by atoms with Crippen molar-refractivity contribution in [3.8, 4) is 5.75 Å². The fraction of sp³-hybridized carbons (Fsp3) is 0.429. The third kappa shape index (κ3) is 3.68. The monoisotopic (exact) mass is 307 g/mol. The standard InChI is InChI=1S/C14H17N3O3S/c1-18-12-4-2-11(3-5-12)10-21-14-16-15-13(20-14)17-6-8-19-9-7-17/h2-5H,6-10H2,1H3. The maximum absolute atomic E-state index is 5.68. The summed E-state index contributed by atoms with van der Waals surface area (Å²) in [7, 11) is 1.66. The molecule has 1 fully saturated rings. The van der Waals surface area contributed by atoms with E-state index in [2.05, 4.69) is 10.2 Å². The SMILES string of the molecule is COc1ccc(CSc2nnc(N3CCOCC3)o2)cc1. The Morgan fingerprint density at radius 3 is 2.67 bits per heavy atom. The van der Waals surface area contributed by atoms with E-state index in [9.17, 15) is 0 Å². The summed E-state index contributed by atoms with van der Waals surface area (Å²) in [6.07, 6.45) is 0. The van der Waals surface area contributed by atoms with Gasteiger partial charge in [-0.25, -0.2) is 0 Å². The quantitative estimate of drug-likeness (QED) is 0.785. The molecule has 0 spiro atoms. The van der Waals surface area contributed by atoms with Crippen molar-refractivity contribution in [3.63, 3.8) is 0 Å². The second kappa shape index (κ2) is 6.82. The molecule has 1 aromatic carbocycles. The zero-order valence-corrected chi connectivity index (χ0v) is 12.6. The van der Waals surface area contributed by atoms with Gasteiger partial charge in [0.1, 0.15) is 5.75 Å². The number of benzene rings is 1. The molecule has 3 rings (SSSR count). The van der Waals surface area contributed by atoms with Crippen LogP contribution in [0.3, 0.4) is 0 Å². The minimum Gasteiger partial charge on any atom is -0.497 e. The van der Waals surface area contributed by atoms with E-state index >= 15 is 0 Å². The molecular weight excluding hydrogens is 290 g/mol. The number of hydrogen-bond donors (Lipinski definition) is 0. The number of nitrogens with zero attached hydrogens (tertiary/aromatic N) is 3. The second-order valence-electron chi connectivity index (χ2n) is 4.59. The van der Waals surface area contributed by atoms with Crippen LogP contribution in [0, 0.1) is 0 Å². The van der Waals surface area contributed by atoms with Crippen molar-refractivity contribution >= 4 is 17.8 Å². The molecule has 1 aliphatic heterocycles. The van der Waals surface area contributed by atoms with Crippen LogP contribution >= 0.6 is 11.8 Å². The minimum atomic E-state index is 0.579. The molecule has 112 valence electrons. The summed E-state index contributed by atoms with van der Waals surface area (Å²) >= 11 is 1.53. The number of rotatable bonds is 5. The molecule has 0 radical (unpaired) electrons. The zero-order valence-electron chi connectivity index (χ0n) is 11.8. The molecule has 21 heavy (non-hydrogen) atoms. The van der Waals surface area contributed by atoms with Crippen LogP contribution in [0.1, 0.15) is 5.56 Å². The Morgan fingerprint density at radius 2 is 1.95 bits per heavy atom. The van der Waals surface area contributed by atoms with E-state index in [4.69, 9.17) is 13.9 Å². The highest BCUT2D eigenvalue weighted by Crippen LogP contribution is 2.25. The summed E-state index contributed by atoms with van der Waals surface area (Å²) in [4.78, 5) is 2.05. The van der Waals surface area contributed by atoms with E-state index in [1.54, 1.807) is 7.11 Å². The summed E-state index contributed by atoms with van der Waals surface area (Å²) in [6, 6.07) is 8.54. The van der Waals surface area contributed by atoms with Crippen molar-refractivity contribution in [2.75, 3.05) is 38.3 Å². The molecule has 6 nitrogen and oxygen atoms in total. The van der Waals surface area contributed by atoms with Crippen LogP contribution < -0.4 is 9.64 Å². The van der Waals surface area contributed by atoms with Gasteiger partial charge in [0, 0.05) is 18.8 Å². The summed E-state index contributed by atoms with van der Waals surface area (Å²) < 4.78 is 16.1. The highest BCUT2D eigenvalue weighted by molar-refractivity contribution is 7.98. The summed E-state index contributed by atoms with van der Waals surface area (Å²) in [5.74, 6) is 1.64. The highest BCUT2D eigenvalue weighted by Gasteiger charge is 2.17. The molecule has 1 saturated heterocycles. The van der Waals surface area contributed by atoms with Gasteiger partial charge in [-0.15, -0.1) is 0 Å². The van der Waals surface area contributed by atoms with Gasteiger partial charge in [-0.05, 0) is 17.7 Å². The van der Waals surface area contributed by atoms with Crippen molar-refractivity contribution in [3.05, 3.63) is 29.8 Å². The fourth-order valence-electron chi connectivity index (χ4n) is 2.01. The highest BCUT2D eigenvalue weighted by atomic mass is 32.2. The van der Waals surface area contributed by atoms with Crippen LogP contribution in [0.2, 0.25) is 0 Å². The first-order valence-electron chi connectivity index (χ1n) is 6.77. The first-order chi connectivity index (χ1) is 10.3. The van der Waals surface area contributed by atoms with Crippen molar-refractivity contribution in [2.45, 2.75) is 11.0 Å². The van der Waals surface area contributed by atoms with Gasteiger partial charge in [-0.2, -0.15) is 0 Å². The molecule has 0 amide bonds. The van der Waals surface area contributed by atoms with Crippen LogP contribution in [-0.2, 0) is 10.5 Å². The lowest BCUT2D eigenvalue weighted by molar-refractivity contribution is 0.120. The smallest absolute Gasteiger partial charge is 0.318 e. The minimum absolute atomic E-state index is 0.579. The first-order valence-corrected chi connectivity index (χ1v) is 7.75. The number of morpholine rings is 1. The van der Waals surface area contributed by atoms with Crippen LogP contribution in [0.4, 0.5) is 6.01 Å². The molecule has 0 atom stereocenters. The lowest BCUT2D eigenvalue weighted by atomic mass is 10.2. The normalized spacial score (nSPS) is 15.2. The molecule has 1 aromatic heterocycles. The van der Waals surface area contributed by atoms with Gasteiger partial charge in [0.25, 0.3) is 5.22 Å². The Labute approximate surface area is 127 Å².